The Labute approximate surface area is 192 Å². The Morgan fingerprint density at radius 1 is 0.938 bits per heavy atom. The van der Waals surface area contributed by atoms with E-state index in [9.17, 15) is 4.79 Å². The SMILES string of the molecule is CCN(Cc1ccccc1)c1nc(CNC(=O)c2ccccc2SC)nc2ccccc12. The smallest absolute Gasteiger partial charge is 0.252 e. The molecule has 3 aromatic carbocycles. The van der Waals surface area contributed by atoms with Crippen molar-refractivity contribution < 1.29 is 4.79 Å². The Balaban J connectivity index is 1.62. The third kappa shape index (κ3) is 4.92. The highest BCUT2D eigenvalue weighted by Gasteiger charge is 2.15. The molecule has 0 saturated heterocycles. The fourth-order valence-electron chi connectivity index (χ4n) is 3.65. The molecule has 4 rings (SSSR count). The summed E-state index contributed by atoms with van der Waals surface area (Å²) in [5, 5.41) is 4.00. The zero-order valence-electron chi connectivity index (χ0n) is 18.3. The van der Waals surface area contributed by atoms with Gasteiger partial charge in [-0.1, -0.05) is 54.6 Å². The van der Waals surface area contributed by atoms with Gasteiger partial charge in [0.15, 0.2) is 5.82 Å². The summed E-state index contributed by atoms with van der Waals surface area (Å²) in [6.45, 7) is 3.96. The zero-order valence-corrected chi connectivity index (χ0v) is 19.1. The Hall–Kier alpha value is -3.38. The van der Waals surface area contributed by atoms with Crippen molar-refractivity contribution in [3.8, 4) is 0 Å². The molecule has 0 aliphatic heterocycles. The van der Waals surface area contributed by atoms with Crippen molar-refractivity contribution in [1.82, 2.24) is 15.3 Å². The Morgan fingerprint density at radius 3 is 2.44 bits per heavy atom. The second-order valence-electron chi connectivity index (χ2n) is 7.36. The number of hydrogen-bond acceptors (Lipinski definition) is 5. The van der Waals surface area contributed by atoms with Crippen molar-refractivity contribution in [1.29, 1.82) is 0 Å². The normalized spacial score (nSPS) is 10.8. The number of fused-ring (bicyclic) bond motifs is 1. The van der Waals surface area contributed by atoms with Crippen LogP contribution >= 0.6 is 11.8 Å². The molecule has 0 saturated carbocycles. The van der Waals surface area contributed by atoms with Gasteiger partial charge in [-0.05, 0) is 43.0 Å². The van der Waals surface area contributed by atoms with Crippen molar-refractivity contribution in [2.24, 2.45) is 0 Å². The molecule has 1 N–H and O–H groups in total. The summed E-state index contributed by atoms with van der Waals surface area (Å²) in [5.41, 5.74) is 2.76. The Morgan fingerprint density at radius 2 is 1.66 bits per heavy atom. The van der Waals surface area contributed by atoms with E-state index >= 15 is 0 Å². The van der Waals surface area contributed by atoms with Crippen molar-refractivity contribution >= 4 is 34.4 Å². The van der Waals surface area contributed by atoms with Gasteiger partial charge in [0.2, 0.25) is 0 Å². The van der Waals surface area contributed by atoms with E-state index in [1.807, 2.05) is 54.8 Å². The maximum absolute atomic E-state index is 12.8. The van der Waals surface area contributed by atoms with E-state index < -0.39 is 0 Å². The minimum Gasteiger partial charge on any atom is -0.352 e. The van der Waals surface area contributed by atoms with Crippen molar-refractivity contribution in [2.45, 2.75) is 24.9 Å². The molecular formula is C26H26N4OS. The van der Waals surface area contributed by atoms with Gasteiger partial charge in [-0.3, -0.25) is 4.79 Å². The van der Waals surface area contributed by atoms with Gasteiger partial charge in [-0.25, -0.2) is 9.97 Å². The van der Waals surface area contributed by atoms with Crippen LogP contribution in [0.25, 0.3) is 10.9 Å². The number of nitrogens with zero attached hydrogens (tertiary/aromatic N) is 3. The molecule has 32 heavy (non-hydrogen) atoms. The lowest BCUT2D eigenvalue weighted by Crippen LogP contribution is -2.27. The number of carbonyl (C=O) groups excluding carboxylic acids is 1. The number of anilines is 1. The third-order valence-electron chi connectivity index (χ3n) is 5.29. The van der Waals surface area contributed by atoms with Crippen LogP contribution in [0.3, 0.4) is 0 Å². The Kier molecular flexibility index (Phi) is 7.02. The quantitative estimate of drug-likeness (QED) is 0.375. The van der Waals surface area contributed by atoms with Crippen LogP contribution < -0.4 is 10.2 Å². The van der Waals surface area contributed by atoms with Crippen molar-refractivity contribution in [2.75, 3.05) is 17.7 Å². The van der Waals surface area contributed by atoms with Crippen LogP contribution in [0, 0.1) is 0 Å². The van der Waals surface area contributed by atoms with Gasteiger partial charge in [0, 0.05) is 23.4 Å². The molecule has 1 heterocycles. The predicted molar refractivity (Wildman–Crippen MR) is 132 cm³/mol. The summed E-state index contributed by atoms with van der Waals surface area (Å²) < 4.78 is 0. The second kappa shape index (κ2) is 10.3. The van der Waals surface area contributed by atoms with Crippen LogP contribution in [0.15, 0.2) is 83.8 Å². The van der Waals surface area contributed by atoms with E-state index in [0.29, 0.717) is 11.4 Å². The van der Waals surface area contributed by atoms with E-state index in [2.05, 4.69) is 47.5 Å². The van der Waals surface area contributed by atoms with Crippen LogP contribution in [-0.2, 0) is 13.1 Å². The van der Waals surface area contributed by atoms with Crippen LogP contribution in [0.4, 0.5) is 5.82 Å². The Bertz CT molecular complexity index is 1210. The summed E-state index contributed by atoms with van der Waals surface area (Å²) in [5.74, 6) is 1.36. The van der Waals surface area contributed by atoms with E-state index in [4.69, 9.17) is 9.97 Å². The van der Waals surface area contributed by atoms with Gasteiger partial charge < -0.3 is 10.2 Å². The molecule has 0 bridgehead atoms. The fraction of sp³-hybridized carbons (Fsp3) is 0.192. The molecule has 5 nitrogen and oxygen atoms in total. The fourth-order valence-corrected chi connectivity index (χ4v) is 4.25. The lowest BCUT2D eigenvalue weighted by Gasteiger charge is -2.24. The van der Waals surface area contributed by atoms with E-state index in [-0.39, 0.29) is 12.5 Å². The highest BCUT2D eigenvalue weighted by atomic mass is 32.2. The number of aromatic nitrogens is 2. The topological polar surface area (TPSA) is 58.1 Å². The maximum Gasteiger partial charge on any atom is 0.252 e. The number of hydrogen-bond donors (Lipinski definition) is 1. The number of thioether (sulfide) groups is 1. The standard InChI is InChI=1S/C26H26N4OS/c1-3-30(18-19-11-5-4-6-12-19)25-20-13-7-9-15-22(20)28-24(29-25)17-27-26(31)21-14-8-10-16-23(21)32-2/h4-16H,3,17-18H2,1-2H3,(H,27,31). The first kappa shape index (κ1) is 21.8. The molecule has 0 aliphatic rings. The second-order valence-corrected chi connectivity index (χ2v) is 8.21. The highest BCUT2D eigenvalue weighted by molar-refractivity contribution is 7.98. The molecule has 0 fully saturated rings. The third-order valence-corrected chi connectivity index (χ3v) is 6.08. The average Bonchev–Trinajstić information content (AvgIpc) is 2.86. The monoisotopic (exact) mass is 442 g/mol. The van der Waals surface area contributed by atoms with E-state index in [0.717, 1.165) is 34.7 Å². The average molecular weight is 443 g/mol. The molecular weight excluding hydrogens is 416 g/mol. The molecule has 0 unspecified atom stereocenters. The van der Waals surface area contributed by atoms with Gasteiger partial charge in [-0.2, -0.15) is 0 Å². The van der Waals surface area contributed by atoms with E-state index in [1.165, 1.54) is 5.56 Å². The highest BCUT2D eigenvalue weighted by Crippen LogP contribution is 2.25. The summed E-state index contributed by atoms with van der Waals surface area (Å²) in [7, 11) is 0. The minimum absolute atomic E-state index is 0.120. The molecule has 4 aromatic rings. The summed E-state index contributed by atoms with van der Waals surface area (Å²) >= 11 is 1.56. The van der Waals surface area contributed by atoms with E-state index in [1.54, 1.807) is 11.8 Å². The summed E-state index contributed by atoms with van der Waals surface area (Å²) in [6, 6.07) is 26.0. The number of amides is 1. The van der Waals surface area contributed by atoms with Gasteiger partial charge in [0.1, 0.15) is 5.82 Å². The first-order valence-electron chi connectivity index (χ1n) is 10.7. The molecule has 1 amide bonds. The van der Waals surface area contributed by atoms with Gasteiger partial charge >= 0.3 is 0 Å². The summed E-state index contributed by atoms with van der Waals surface area (Å²) in [4.78, 5) is 25.6. The molecule has 1 aromatic heterocycles. The van der Waals surface area contributed by atoms with Crippen LogP contribution in [0.1, 0.15) is 28.7 Å². The van der Waals surface area contributed by atoms with Gasteiger partial charge in [-0.15, -0.1) is 11.8 Å². The number of para-hydroxylation sites is 1. The molecule has 0 aliphatic carbocycles. The first-order valence-corrected chi connectivity index (χ1v) is 11.9. The zero-order chi connectivity index (χ0) is 22.3. The van der Waals surface area contributed by atoms with Crippen LogP contribution in [0.2, 0.25) is 0 Å². The number of nitrogens with one attached hydrogen (secondary N) is 1. The number of carbonyl (C=O) groups is 1. The lowest BCUT2D eigenvalue weighted by molar-refractivity contribution is 0.0947. The number of rotatable bonds is 8. The summed E-state index contributed by atoms with van der Waals surface area (Å²) in [6.07, 6.45) is 1.97. The molecule has 0 radical (unpaired) electrons. The number of benzene rings is 3. The van der Waals surface area contributed by atoms with Crippen LogP contribution in [-0.4, -0.2) is 28.7 Å². The molecule has 0 spiro atoms. The first-order chi connectivity index (χ1) is 15.7. The largest absolute Gasteiger partial charge is 0.352 e. The minimum atomic E-state index is -0.120. The lowest BCUT2D eigenvalue weighted by atomic mass is 10.2. The maximum atomic E-state index is 12.8. The molecule has 0 atom stereocenters. The van der Waals surface area contributed by atoms with Gasteiger partial charge in [0.25, 0.3) is 5.91 Å². The van der Waals surface area contributed by atoms with Crippen molar-refractivity contribution in [3.63, 3.8) is 0 Å². The predicted octanol–water partition coefficient (Wildman–Crippen LogP) is 5.31. The van der Waals surface area contributed by atoms with Gasteiger partial charge in [0.05, 0.1) is 17.6 Å². The van der Waals surface area contributed by atoms with Crippen LogP contribution in [0.5, 0.6) is 0 Å². The molecule has 6 heteroatoms. The van der Waals surface area contributed by atoms with Crippen molar-refractivity contribution in [3.05, 3.63) is 95.8 Å². The molecule has 162 valence electrons.